The van der Waals surface area contributed by atoms with E-state index in [1.54, 1.807) is 12.1 Å². The van der Waals surface area contributed by atoms with Crippen LogP contribution < -0.4 is 21.3 Å². The van der Waals surface area contributed by atoms with Gasteiger partial charge < -0.3 is 25.8 Å². The highest BCUT2D eigenvalue weighted by Crippen LogP contribution is 2.41. The Balaban J connectivity index is 0.000000109. The van der Waals surface area contributed by atoms with E-state index in [0.717, 1.165) is 62.0 Å². The van der Waals surface area contributed by atoms with Gasteiger partial charge in [0, 0.05) is 87.4 Å². The molecule has 0 radical (unpaired) electrons. The predicted octanol–water partition coefficient (Wildman–Crippen LogP) is 23.0. The second kappa shape index (κ2) is 27.0. The van der Waals surface area contributed by atoms with Crippen LogP contribution in [0.25, 0.3) is 91.4 Å². The summed E-state index contributed by atoms with van der Waals surface area (Å²) in [5, 5.41) is 33.7. The normalized spacial score (nSPS) is 10.8. The maximum absolute atomic E-state index is 8.65. The van der Waals surface area contributed by atoms with Gasteiger partial charge in [-0.1, -0.05) is 200 Å². The average molecular weight is 1200 g/mol. The minimum absolute atomic E-state index is 0.605. The largest absolute Gasteiger partial charge is 0.356 e. The highest BCUT2D eigenvalue weighted by molar-refractivity contribution is 7.26. The van der Waals surface area contributed by atoms with E-state index in [9.17, 15) is 0 Å². The summed E-state index contributed by atoms with van der Waals surface area (Å²) < 4.78 is 5.05. The Labute approximate surface area is 537 Å². The van der Waals surface area contributed by atoms with E-state index in [1.165, 1.54) is 69.2 Å². The molecule has 3 aromatic heterocycles. The van der Waals surface area contributed by atoms with Crippen molar-refractivity contribution in [1.29, 1.82) is 5.26 Å². The topological polar surface area (TPSA) is 103 Å². The van der Waals surface area contributed by atoms with Gasteiger partial charge in [-0.25, -0.2) is 9.97 Å². The minimum atomic E-state index is 0.605. The van der Waals surface area contributed by atoms with Gasteiger partial charge in [-0.15, -0.1) is 11.3 Å². The fourth-order valence-electron chi connectivity index (χ4n) is 11.6. The molecule has 0 unspecified atom stereocenters. The maximum Gasteiger partial charge on any atom is 0.228 e. The number of fused-ring (bicyclic) bond motifs is 11. The summed E-state index contributed by atoms with van der Waals surface area (Å²) in [7, 11) is 0. The molecule has 0 aliphatic carbocycles. The zero-order chi connectivity index (χ0) is 61.8. The van der Waals surface area contributed by atoms with Crippen LogP contribution in [0.2, 0.25) is 0 Å². The summed E-state index contributed by atoms with van der Waals surface area (Å²) in [6.07, 6.45) is 0. The Hall–Kier alpha value is -12.4. The summed E-state index contributed by atoms with van der Waals surface area (Å²) in [4.78, 5) is 9.38. The SMILES string of the molecule is N#Cc1ccc(Nc2ccccc2)cc1.c1ccc(Nc2ccc3c(c2)c2c4ccccc4ccc2n3-c2ccccc2)cc1.c1ccc(Nc2ccc3sc4ccc5ccccc5c4c3c2)cc1.c1ccc(Nc2nc(-c3ccccc3)c3ccccc3n2)cc1. The Kier molecular flexibility index (Phi) is 16.8. The fraction of sp³-hybridized carbons (Fsp3) is 0. The number of anilines is 8. The molecule has 92 heavy (non-hydrogen) atoms. The van der Waals surface area contributed by atoms with Crippen molar-refractivity contribution in [2.45, 2.75) is 0 Å². The molecule has 0 amide bonds. The van der Waals surface area contributed by atoms with Crippen molar-refractivity contribution in [3.05, 3.63) is 345 Å². The van der Waals surface area contributed by atoms with Gasteiger partial charge in [0.2, 0.25) is 5.95 Å². The molecule has 0 fully saturated rings. The minimum Gasteiger partial charge on any atom is -0.356 e. The third-order valence-corrected chi connectivity index (χ3v) is 17.0. The average Bonchev–Trinajstić information content (AvgIpc) is 1.59. The van der Waals surface area contributed by atoms with E-state index in [1.807, 2.05) is 145 Å². The van der Waals surface area contributed by atoms with Crippen LogP contribution in [-0.2, 0) is 0 Å². The number of hydrogen-bond acceptors (Lipinski definition) is 8. The Morgan fingerprint density at radius 1 is 0.315 bits per heavy atom. The fourth-order valence-corrected chi connectivity index (χ4v) is 12.7. The Bertz CT molecular complexity index is 5390. The lowest BCUT2D eigenvalue weighted by atomic mass is 10.0. The van der Waals surface area contributed by atoms with Gasteiger partial charge in [0.05, 0.1) is 33.9 Å². The summed E-state index contributed by atoms with van der Waals surface area (Å²) in [5.41, 5.74) is 14.7. The molecule has 14 aromatic carbocycles. The molecule has 0 bridgehead atoms. The number of hydrogen-bond donors (Lipinski definition) is 4. The number of benzene rings is 14. The summed E-state index contributed by atoms with van der Waals surface area (Å²) >= 11 is 1.86. The van der Waals surface area contributed by atoms with Crippen molar-refractivity contribution < 1.29 is 0 Å². The molecule has 17 rings (SSSR count). The van der Waals surface area contributed by atoms with Crippen molar-refractivity contribution in [3.63, 3.8) is 0 Å². The molecular weight excluding hydrogens is 1140 g/mol. The Morgan fingerprint density at radius 2 is 0.750 bits per heavy atom. The first-order valence-electron chi connectivity index (χ1n) is 30.5. The van der Waals surface area contributed by atoms with Crippen LogP contribution in [-0.4, -0.2) is 14.5 Å². The molecule has 17 aromatic rings. The van der Waals surface area contributed by atoms with E-state index in [0.29, 0.717) is 11.5 Å². The highest BCUT2D eigenvalue weighted by atomic mass is 32.1. The molecule has 0 atom stereocenters. The smallest absolute Gasteiger partial charge is 0.228 e. The monoisotopic (exact) mass is 1200 g/mol. The molecule has 3 heterocycles. The molecule has 8 nitrogen and oxygen atoms in total. The van der Waals surface area contributed by atoms with Crippen molar-refractivity contribution >= 4 is 132 Å². The first-order valence-corrected chi connectivity index (χ1v) is 31.3. The van der Waals surface area contributed by atoms with Gasteiger partial charge >= 0.3 is 0 Å². The van der Waals surface area contributed by atoms with Gasteiger partial charge in [-0.05, 0) is 161 Å². The van der Waals surface area contributed by atoms with E-state index in [4.69, 9.17) is 10.2 Å². The molecule has 0 saturated carbocycles. The lowest BCUT2D eigenvalue weighted by molar-refractivity contribution is 1.18. The third-order valence-electron chi connectivity index (χ3n) is 15.9. The van der Waals surface area contributed by atoms with Crippen molar-refractivity contribution in [3.8, 4) is 23.0 Å². The number of nitrogens with one attached hydrogen (secondary N) is 4. The third kappa shape index (κ3) is 12.8. The Morgan fingerprint density at radius 3 is 1.35 bits per heavy atom. The second-order valence-electron chi connectivity index (χ2n) is 22.0. The number of nitrogens with zero attached hydrogens (tertiary/aromatic N) is 4. The zero-order valence-electron chi connectivity index (χ0n) is 50.0. The number of thiophene rings is 1. The van der Waals surface area contributed by atoms with Gasteiger partial charge in [0.1, 0.15) is 0 Å². The lowest BCUT2D eigenvalue weighted by Gasteiger charge is -2.10. The van der Waals surface area contributed by atoms with E-state index in [2.05, 4.69) is 231 Å². The molecule has 9 heteroatoms. The van der Waals surface area contributed by atoms with Crippen LogP contribution in [0.15, 0.2) is 340 Å². The van der Waals surface area contributed by atoms with Crippen molar-refractivity contribution in [2.75, 3.05) is 21.3 Å². The van der Waals surface area contributed by atoms with E-state index in [-0.39, 0.29) is 0 Å². The predicted molar refractivity (Wildman–Crippen MR) is 390 cm³/mol. The van der Waals surface area contributed by atoms with Gasteiger partial charge in [0.25, 0.3) is 0 Å². The standard InChI is InChI=1S/C28H20N2.C22H15NS.C20H15N3.C13H10N2/c1-3-10-21(11-4-1)29-22-16-18-26-25(19-22)28-24-14-8-7-9-20(24)15-17-27(28)30(26)23-12-5-2-6-13-23;1-2-7-16(8-3-1)23-17-11-13-20-19(14-17)22-18-9-5-4-6-15(18)10-12-21(22)24-20;1-3-9-15(10-4-1)19-17-13-7-8-14-18(17)22-20(23-19)21-16-11-5-2-6-12-16;14-10-11-6-8-13(9-7-11)15-12-4-2-1-3-5-12/h1-19,29H;1-14,23H;1-14H,(H,21,22,23);1-9,15H. The van der Waals surface area contributed by atoms with E-state index < -0.39 is 0 Å². The molecule has 0 saturated heterocycles. The molecule has 0 aliphatic heterocycles. The van der Waals surface area contributed by atoms with Gasteiger partial charge in [-0.3, -0.25) is 0 Å². The molecule has 4 N–H and O–H groups in total. The van der Waals surface area contributed by atoms with Crippen LogP contribution in [0, 0.1) is 11.3 Å². The van der Waals surface area contributed by atoms with Crippen LogP contribution in [0.4, 0.5) is 45.8 Å². The van der Waals surface area contributed by atoms with Gasteiger partial charge in [-0.2, -0.15) is 5.26 Å². The lowest BCUT2D eigenvalue weighted by Crippen LogP contribution is -1.99. The number of aromatic nitrogens is 3. The maximum atomic E-state index is 8.65. The molecule has 0 aliphatic rings. The van der Waals surface area contributed by atoms with Crippen molar-refractivity contribution in [2.24, 2.45) is 0 Å². The molecular formula is C83H60N8S. The molecule has 0 spiro atoms. The second-order valence-corrected chi connectivity index (χ2v) is 23.1. The summed E-state index contributed by atoms with van der Waals surface area (Å²) in [6, 6.07) is 118. The van der Waals surface area contributed by atoms with Crippen LogP contribution in [0.3, 0.4) is 0 Å². The molecule has 438 valence electrons. The highest BCUT2D eigenvalue weighted by Gasteiger charge is 2.16. The summed E-state index contributed by atoms with van der Waals surface area (Å²) in [6.45, 7) is 0. The van der Waals surface area contributed by atoms with Crippen molar-refractivity contribution in [1.82, 2.24) is 14.5 Å². The number of para-hydroxylation sites is 6. The number of nitriles is 1. The quantitative estimate of drug-likeness (QED) is 0.108. The first-order chi connectivity index (χ1) is 45.5. The van der Waals surface area contributed by atoms with Crippen LogP contribution >= 0.6 is 11.3 Å². The first kappa shape index (κ1) is 57.4. The van der Waals surface area contributed by atoms with Gasteiger partial charge in [0.15, 0.2) is 0 Å². The zero-order valence-corrected chi connectivity index (χ0v) is 50.8. The van der Waals surface area contributed by atoms with Crippen LogP contribution in [0.5, 0.6) is 0 Å². The summed E-state index contributed by atoms with van der Waals surface area (Å²) in [5.74, 6) is 0.605. The van der Waals surface area contributed by atoms with Crippen LogP contribution in [0.1, 0.15) is 5.56 Å². The number of rotatable bonds is 10. The van der Waals surface area contributed by atoms with E-state index >= 15 is 0 Å².